The summed E-state index contributed by atoms with van der Waals surface area (Å²) in [5.74, 6) is -0.0792. The van der Waals surface area contributed by atoms with E-state index in [4.69, 9.17) is 5.73 Å². The zero-order valence-corrected chi connectivity index (χ0v) is 14.5. The van der Waals surface area contributed by atoms with Gasteiger partial charge in [-0.1, -0.05) is 60.7 Å². The Kier molecular flexibility index (Phi) is 5.58. The van der Waals surface area contributed by atoms with Gasteiger partial charge in [-0.15, -0.1) is 0 Å². The second kappa shape index (κ2) is 8.25. The quantitative estimate of drug-likeness (QED) is 0.391. The van der Waals surface area contributed by atoms with E-state index in [-0.39, 0.29) is 17.0 Å². The topological polar surface area (TPSA) is 102 Å². The first-order chi connectivity index (χ1) is 13.1. The Morgan fingerprint density at radius 3 is 2.15 bits per heavy atom. The van der Waals surface area contributed by atoms with Crippen LogP contribution in [0.5, 0.6) is 5.75 Å². The maximum absolute atomic E-state index is 11.0. The fraction of sp³-hybridized carbons (Fsp3) is 0.0952. The molecule has 0 amide bonds. The molecule has 0 spiro atoms. The van der Waals surface area contributed by atoms with Crippen molar-refractivity contribution in [2.45, 2.75) is 12.1 Å². The molecule has 0 saturated carbocycles. The minimum absolute atomic E-state index is 0.0792. The molecule has 0 bridgehead atoms. The fourth-order valence-electron chi connectivity index (χ4n) is 2.81. The summed E-state index contributed by atoms with van der Waals surface area (Å²) in [6.45, 7) is 0. The first-order valence-electron chi connectivity index (χ1n) is 8.42. The Morgan fingerprint density at radius 2 is 1.56 bits per heavy atom. The van der Waals surface area contributed by atoms with Gasteiger partial charge in [0.05, 0.1) is 17.0 Å². The third-order valence-electron chi connectivity index (χ3n) is 4.26. The molecule has 2 atom stereocenters. The predicted octanol–water partition coefficient (Wildman–Crippen LogP) is 4.16. The Morgan fingerprint density at radius 1 is 0.963 bits per heavy atom. The summed E-state index contributed by atoms with van der Waals surface area (Å²) in [7, 11) is 0. The van der Waals surface area contributed by atoms with Crippen LogP contribution in [0.15, 0.2) is 83.9 Å². The molecule has 3 aromatic rings. The van der Waals surface area contributed by atoms with Crippen molar-refractivity contribution in [3.8, 4) is 5.75 Å². The number of nitro benzene ring substituents is 1. The normalized spacial score (nSPS) is 13.4. The van der Waals surface area contributed by atoms with Crippen molar-refractivity contribution in [3.63, 3.8) is 0 Å². The van der Waals surface area contributed by atoms with E-state index < -0.39 is 17.0 Å². The second-order valence-corrected chi connectivity index (χ2v) is 6.07. The second-order valence-electron chi connectivity index (χ2n) is 6.07. The standard InChI is InChI=1S/C21H19N3O3/c22-20(15-7-3-1-4-8-15)21(16-9-5-2-6-10-16)23-14-17-13-18(24(26)27)11-12-19(17)25/h1-14,20-21,25H,22H2. The number of phenolic OH excluding ortho intramolecular Hbond substituents is 1. The van der Waals surface area contributed by atoms with Gasteiger partial charge in [0.15, 0.2) is 0 Å². The minimum Gasteiger partial charge on any atom is -0.507 e. The number of aliphatic imine (C=N–C) groups is 1. The van der Waals surface area contributed by atoms with E-state index in [0.717, 1.165) is 11.1 Å². The molecular formula is C21H19N3O3. The lowest BCUT2D eigenvalue weighted by atomic mass is 9.94. The van der Waals surface area contributed by atoms with Crippen LogP contribution < -0.4 is 5.73 Å². The van der Waals surface area contributed by atoms with Crippen molar-refractivity contribution in [2.75, 3.05) is 0 Å². The molecule has 3 aromatic carbocycles. The van der Waals surface area contributed by atoms with E-state index >= 15 is 0 Å². The third-order valence-corrected chi connectivity index (χ3v) is 4.26. The van der Waals surface area contributed by atoms with Crippen molar-refractivity contribution in [1.82, 2.24) is 0 Å². The molecule has 6 nitrogen and oxygen atoms in total. The van der Waals surface area contributed by atoms with Crippen molar-refractivity contribution < 1.29 is 10.0 Å². The number of hydrogen-bond acceptors (Lipinski definition) is 5. The SMILES string of the molecule is NC(c1ccccc1)C(N=Cc1cc([N+](=O)[O-])ccc1O)c1ccccc1. The molecule has 0 aliphatic carbocycles. The van der Waals surface area contributed by atoms with Crippen molar-refractivity contribution >= 4 is 11.9 Å². The van der Waals surface area contributed by atoms with Gasteiger partial charge in [0.1, 0.15) is 5.75 Å². The molecule has 0 aromatic heterocycles. The lowest BCUT2D eigenvalue weighted by Gasteiger charge is -2.21. The van der Waals surface area contributed by atoms with Crippen LogP contribution in [-0.4, -0.2) is 16.2 Å². The van der Waals surface area contributed by atoms with E-state index in [1.807, 2.05) is 60.7 Å². The van der Waals surface area contributed by atoms with Gasteiger partial charge in [-0.2, -0.15) is 0 Å². The zero-order valence-electron chi connectivity index (χ0n) is 14.5. The summed E-state index contributed by atoms with van der Waals surface area (Å²) in [5.41, 5.74) is 8.46. The highest BCUT2D eigenvalue weighted by atomic mass is 16.6. The van der Waals surface area contributed by atoms with Crippen molar-refractivity contribution in [3.05, 3.63) is 106 Å². The molecule has 3 N–H and O–H groups in total. The Hall–Kier alpha value is -3.51. The van der Waals surface area contributed by atoms with E-state index in [1.54, 1.807) is 0 Å². The molecule has 136 valence electrons. The minimum atomic E-state index is -0.513. The maximum atomic E-state index is 11.0. The average molecular weight is 361 g/mol. The molecule has 0 radical (unpaired) electrons. The maximum Gasteiger partial charge on any atom is 0.270 e. The fourth-order valence-corrected chi connectivity index (χ4v) is 2.81. The molecule has 0 aliphatic rings. The lowest BCUT2D eigenvalue weighted by Crippen LogP contribution is -2.18. The molecule has 0 saturated heterocycles. The monoisotopic (exact) mass is 361 g/mol. The molecule has 0 fully saturated rings. The van der Waals surface area contributed by atoms with Gasteiger partial charge in [-0.3, -0.25) is 15.1 Å². The Labute approximate surface area is 156 Å². The summed E-state index contributed by atoms with van der Waals surface area (Å²) in [5, 5.41) is 21.0. The Bertz CT molecular complexity index is 943. The number of non-ortho nitro benzene ring substituents is 1. The highest BCUT2D eigenvalue weighted by molar-refractivity contribution is 5.84. The van der Waals surface area contributed by atoms with Crippen LogP contribution >= 0.6 is 0 Å². The van der Waals surface area contributed by atoms with Gasteiger partial charge in [0, 0.05) is 23.9 Å². The highest BCUT2D eigenvalue weighted by Crippen LogP contribution is 2.31. The first kappa shape index (κ1) is 18.3. The summed E-state index contributed by atoms with van der Waals surface area (Å²) >= 11 is 0. The van der Waals surface area contributed by atoms with Gasteiger partial charge < -0.3 is 10.8 Å². The number of hydrogen-bond donors (Lipinski definition) is 2. The summed E-state index contributed by atoms with van der Waals surface area (Å²) < 4.78 is 0. The van der Waals surface area contributed by atoms with Crippen molar-refractivity contribution in [2.24, 2.45) is 10.7 Å². The van der Waals surface area contributed by atoms with Crippen LogP contribution in [0.2, 0.25) is 0 Å². The number of phenols is 1. The van der Waals surface area contributed by atoms with Gasteiger partial charge in [-0.25, -0.2) is 0 Å². The van der Waals surface area contributed by atoms with E-state index in [1.165, 1.54) is 24.4 Å². The van der Waals surface area contributed by atoms with Crippen LogP contribution in [0.25, 0.3) is 0 Å². The number of nitro groups is 1. The largest absolute Gasteiger partial charge is 0.507 e. The smallest absolute Gasteiger partial charge is 0.270 e. The molecule has 27 heavy (non-hydrogen) atoms. The van der Waals surface area contributed by atoms with E-state index in [2.05, 4.69) is 4.99 Å². The Balaban J connectivity index is 1.98. The zero-order chi connectivity index (χ0) is 19.2. The number of nitrogens with zero attached hydrogens (tertiary/aromatic N) is 2. The first-order valence-corrected chi connectivity index (χ1v) is 8.42. The van der Waals surface area contributed by atoms with Crippen LogP contribution in [-0.2, 0) is 0 Å². The number of nitrogens with two attached hydrogens (primary N) is 1. The molecule has 0 aliphatic heterocycles. The molecule has 0 heterocycles. The molecule has 6 heteroatoms. The van der Waals surface area contributed by atoms with Gasteiger partial charge in [0.25, 0.3) is 5.69 Å². The van der Waals surface area contributed by atoms with Crippen molar-refractivity contribution in [1.29, 1.82) is 0 Å². The van der Waals surface area contributed by atoms with E-state index in [0.29, 0.717) is 0 Å². The number of rotatable bonds is 6. The summed E-state index contributed by atoms with van der Waals surface area (Å²) in [4.78, 5) is 15.0. The average Bonchev–Trinajstić information content (AvgIpc) is 2.70. The highest BCUT2D eigenvalue weighted by Gasteiger charge is 2.20. The predicted molar refractivity (Wildman–Crippen MR) is 105 cm³/mol. The summed E-state index contributed by atoms with van der Waals surface area (Å²) in [6.07, 6.45) is 1.43. The van der Waals surface area contributed by atoms with Gasteiger partial charge >= 0.3 is 0 Å². The van der Waals surface area contributed by atoms with Crippen LogP contribution in [0.1, 0.15) is 28.8 Å². The third kappa shape index (κ3) is 4.37. The lowest BCUT2D eigenvalue weighted by molar-refractivity contribution is -0.384. The molecular weight excluding hydrogens is 342 g/mol. The molecule has 2 unspecified atom stereocenters. The number of benzene rings is 3. The number of aromatic hydroxyl groups is 1. The van der Waals surface area contributed by atoms with E-state index in [9.17, 15) is 15.2 Å². The van der Waals surface area contributed by atoms with Crippen LogP contribution in [0, 0.1) is 10.1 Å². The van der Waals surface area contributed by atoms with Crippen LogP contribution in [0.3, 0.4) is 0 Å². The van der Waals surface area contributed by atoms with Gasteiger partial charge in [0.2, 0.25) is 0 Å². The van der Waals surface area contributed by atoms with Gasteiger partial charge in [-0.05, 0) is 17.2 Å². The molecule has 3 rings (SSSR count). The summed E-state index contributed by atoms with van der Waals surface area (Å²) in [6, 6.07) is 22.2. The van der Waals surface area contributed by atoms with Crippen LogP contribution in [0.4, 0.5) is 5.69 Å².